The molecule has 1 aliphatic rings. The highest BCUT2D eigenvalue weighted by molar-refractivity contribution is 5.94. The number of nitrogens with one attached hydrogen (secondary N) is 2. The maximum Gasteiger partial charge on any atom is 0.573 e. The minimum atomic E-state index is -4.80. The van der Waals surface area contributed by atoms with Gasteiger partial charge in [-0.2, -0.15) is 5.26 Å². The van der Waals surface area contributed by atoms with Crippen molar-refractivity contribution in [3.05, 3.63) is 29.8 Å². The van der Waals surface area contributed by atoms with Gasteiger partial charge in [-0.05, 0) is 43.0 Å². The van der Waals surface area contributed by atoms with Gasteiger partial charge in [-0.25, -0.2) is 0 Å². The number of nitrogens with zero attached hydrogens (tertiary/aromatic N) is 1. The van der Waals surface area contributed by atoms with Gasteiger partial charge in [-0.3, -0.25) is 9.59 Å². The third kappa shape index (κ3) is 6.76. The number of amides is 2. The number of nitriles is 1. The molecule has 0 bridgehead atoms. The highest BCUT2D eigenvalue weighted by atomic mass is 19.4. The van der Waals surface area contributed by atoms with Gasteiger partial charge in [0.15, 0.2) is 0 Å². The Morgan fingerprint density at radius 1 is 1.14 bits per heavy atom. The number of ether oxygens (including phenoxy) is 1. The van der Waals surface area contributed by atoms with E-state index in [-0.39, 0.29) is 30.5 Å². The van der Waals surface area contributed by atoms with Gasteiger partial charge in [0.1, 0.15) is 12.3 Å². The largest absolute Gasteiger partial charge is 0.573 e. The molecule has 2 amide bonds. The Morgan fingerprint density at radius 2 is 1.79 bits per heavy atom. The van der Waals surface area contributed by atoms with Crippen LogP contribution in [0.4, 0.5) is 13.2 Å². The van der Waals surface area contributed by atoms with E-state index < -0.39 is 23.9 Å². The topological polar surface area (TPSA) is 91.2 Å². The van der Waals surface area contributed by atoms with Gasteiger partial charge in [0.2, 0.25) is 5.91 Å². The molecule has 1 unspecified atom stereocenters. The van der Waals surface area contributed by atoms with Crippen LogP contribution in [0, 0.1) is 23.2 Å². The molecule has 28 heavy (non-hydrogen) atoms. The summed E-state index contributed by atoms with van der Waals surface area (Å²) in [5.41, 5.74) is 0.161. The summed E-state index contributed by atoms with van der Waals surface area (Å²) in [5, 5.41) is 13.9. The lowest BCUT2D eigenvalue weighted by atomic mass is 9.79. The zero-order valence-electron chi connectivity index (χ0n) is 15.2. The standard InChI is InChI=1S/C19H22F3N3O3/c20-19(21,22)28-15-8-6-14(7-9-15)17(26)25-12-16(18(27)24-11-10-23)13-4-2-1-3-5-13/h6-9,13,16H,1-5,11-12H2,(H,24,27)(H,25,26). The monoisotopic (exact) mass is 397 g/mol. The summed E-state index contributed by atoms with van der Waals surface area (Å²) in [6, 6.07) is 6.42. The van der Waals surface area contributed by atoms with E-state index in [1.807, 2.05) is 6.07 Å². The number of hydrogen-bond acceptors (Lipinski definition) is 4. The predicted octanol–water partition coefficient (Wildman–Crippen LogP) is 3.15. The molecular formula is C19H22F3N3O3. The van der Waals surface area contributed by atoms with Crippen LogP contribution in [0.2, 0.25) is 0 Å². The van der Waals surface area contributed by atoms with E-state index in [4.69, 9.17) is 5.26 Å². The molecule has 0 aromatic heterocycles. The van der Waals surface area contributed by atoms with Crippen LogP contribution in [0.3, 0.4) is 0 Å². The lowest BCUT2D eigenvalue weighted by Crippen LogP contribution is -2.43. The molecule has 1 aromatic carbocycles. The van der Waals surface area contributed by atoms with Crippen molar-refractivity contribution < 1.29 is 27.5 Å². The van der Waals surface area contributed by atoms with E-state index in [0.29, 0.717) is 0 Å². The third-order valence-corrected chi connectivity index (χ3v) is 4.73. The second-order valence-electron chi connectivity index (χ2n) is 6.66. The van der Waals surface area contributed by atoms with Crippen molar-refractivity contribution in [2.75, 3.05) is 13.1 Å². The van der Waals surface area contributed by atoms with Crippen molar-refractivity contribution in [1.29, 1.82) is 5.26 Å². The first-order valence-corrected chi connectivity index (χ1v) is 9.09. The minimum absolute atomic E-state index is 0.0988. The van der Waals surface area contributed by atoms with Crippen molar-refractivity contribution in [3.8, 4) is 11.8 Å². The van der Waals surface area contributed by atoms with Gasteiger partial charge in [0, 0.05) is 12.1 Å². The van der Waals surface area contributed by atoms with Crippen molar-refractivity contribution >= 4 is 11.8 Å². The first-order chi connectivity index (χ1) is 13.3. The van der Waals surface area contributed by atoms with E-state index in [1.165, 1.54) is 12.1 Å². The van der Waals surface area contributed by atoms with Crippen molar-refractivity contribution in [3.63, 3.8) is 0 Å². The number of halogens is 3. The van der Waals surface area contributed by atoms with Gasteiger partial charge in [0.25, 0.3) is 5.91 Å². The van der Waals surface area contributed by atoms with Crippen LogP contribution in [0.5, 0.6) is 5.75 Å². The summed E-state index contributed by atoms with van der Waals surface area (Å²) in [5.74, 6) is -1.52. The molecule has 1 aromatic rings. The second-order valence-corrected chi connectivity index (χ2v) is 6.66. The van der Waals surface area contributed by atoms with Gasteiger partial charge in [0.05, 0.1) is 12.0 Å². The first-order valence-electron chi connectivity index (χ1n) is 9.09. The molecule has 0 saturated heterocycles. The maximum absolute atomic E-state index is 12.4. The Balaban J connectivity index is 1.97. The molecule has 2 N–H and O–H groups in total. The van der Waals surface area contributed by atoms with E-state index in [1.54, 1.807) is 0 Å². The normalized spacial score (nSPS) is 15.9. The molecule has 2 rings (SSSR count). The molecule has 0 radical (unpaired) electrons. The highest BCUT2D eigenvalue weighted by Crippen LogP contribution is 2.30. The predicted molar refractivity (Wildman–Crippen MR) is 94.1 cm³/mol. The van der Waals surface area contributed by atoms with Crippen molar-refractivity contribution in [1.82, 2.24) is 10.6 Å². The average molecular weight is 397 g/mol. The Kier molecular flexibility index (Phi) is 7.67. The molecule has 152 valence electrons. The molecule has 0 heterocycles. The highest BCUT2D eigenvalue weighted by Gasteiger charge is 2.31. The molecule has 1 atom stereocenters. The van der Waals surface area contributed by atoms with Gasteiger partial charge in [-0.15, -0.1) is 13.2 Å². The number of rotatable bonds is 7. The lowest BCUT2D eigenvalue weighted by Gasteiger charge is -2.29. The summed E-state index contributed by atoms with van der Waals surface area (Å²) < 4.78 is 40.3. The Labute approximate surface area is 161 Å². The maximum atomic E-state index is 12.4. The van der Waals surface area contributed by atoms with E-state index in [9.17, 15) is 22.8 Å². The van der Waals surface area contributed by atoms with Crippen LogP contribution in [0.15, 0.2) is 24.3 Å². The number of benzene rings is 1. The number of alkyl halides is 3. The van der Waals surface area contributed by atoms with Gasteiger partial charge >= 0.3 is 6.36 Å². The fourth-order valence-corrected chi connectivity index (χ4v) is 3.38. The molecule has 1 fully saturated rings. The fourth-order valence-electron chi connectivity index (χ4n) is 3.38. The third-order valence-electron chi connectivity index (χ3n) is 4.73. The molecule has 6 nitrogen and oxygen atoms in total. The van der Waals surface area contributed by atoms with Gasteiger partial charge in [-0.1, -0.05) is 19.3 Å². The average Bonchev–Trinajstić information content (AvgIpc) is 2.66. The lowest BCUT2D eigenvalue weighted by molar-refractivity contribution is -0.274. The van der Waals surface area contributed by atoms with Crippen LogP contribution in [-0.2, 0) is 4.79 Å². The number of hydrogen-bond donors (Lipinski definition) is 2. The minimum Gasteiger partial charge on any atom is -0.406 e. The van der Waals surface area contributed by atoms with Crippen LogP contribution >= 0.6 is 0 Å². The summed E-state index contributed by atoms with van der Waals surface area (Å²) in [6.45, 7) is -0.00175. The summed E-state index contributed by atoms with van der Waals surface area (Å²) in [7, 11) is 0. The Bertz CT molecular complexity index is 708. The zero-order chi connectivity index (χ0) is 20.6. The first kappa shape index (κ1) is 21.5. The summed E-state index contributed by atoms with van der Waals surface area (Å²) in [4.78, 5) is 24.7. The molecule has 1 aliphatic carbocycles. The van der Waals surface area contributed by atoms with E-state index in [2.05, 4.69) is 15.4 Å². The molecular weight excluding hydrogens is 375 g/mol. The number of carbonyl (C=O) groups excluding carboxylic acids is 2. The second kappa shape index (κ2) is 9.97. The smallest absolute Gasteiger partial charge is 0.406 e. The van der Waals surface area contributed by atoms with Crippen LogP contribution in [0.25, 0.3) is 0 Å². The SMILES string of the molecule is N#CCNC(=O)C(CNC(=O)c1ccc(OC(F)(F)F)cc1)C1CCCCC1. The zero-order valence-corrected chi connectivity index (χ0v) is 15.2. The van der Waals surface area contributed by atoms with Crippen LogP contribution < -0.4 is 15.4 Å². The van der Waals surface area contributed by atoms with Crippen LogP contribution in [-0.4, -0.2) is 31.3 Å². The molecule has 0 spiro atoms. The Morgan fingerprint density at radius 3 is 2.36 bits per heavy atom. The number of carbonyl (C=O) groups is 2. The fraction of sp³-hybridized carbons (Fsp3) is 0.526. The molecule has 9 heteroatoms. The summed E-state index contributed by atoms with van der Waals surface area (Å²) >= 11 is 0. The van der Waals surface area contributed by atoms with Crippen molar-refractivity contribution in [2.45, 2.75) is 38.5 Å². The van der Waals surface area contributed by atoms with E-state index in [0.717, 1.165) is 44.2 Å². The van der Waals surface area contributed by atoms with Gasteiger partial charge < -0.3 is 15.4 Å². The van der Waals surface area contributed by atoms with E-state index >= 15 is 0 Å². The van der Waals surface area contributed by atoms with Crippen LogP contribution in [0.1, 0.15) is 42.5 Å². The molecule has 1 saturated carbocycles. The summed E-state index contributed by atoms with van der Waals surface area (Å²) in [6.07, 6.45) is 0.103. The van der Waals surface area contributed by atoms with Crippen molar-refractivity contribution in [2.24, 2.45) is 11.8 Å². The Hall–Kier alpha value is -2.76. The molecule has 0 aliphatic heterocycles. The quantitative estimate of drug-likeness (QED) is 0.692.